The molecule has 1 amide bonds. The van der Waals surface area contributed by atoms with Gasteiger partial charge in [-0.25, -0.2) is 13.2 Å². The van der Waals surface area contributed by atoms with Crippen LogP contribution in [-0.4, -0.2) is 49.2 Å². The number of amides is 1. The summed E-state index contributed by atoms with van der Waals surface area (Å²) in [6, 6.07) is 8.92. The van der Waals surface area contributed by atoms with Gasteiger partial charge in [-0.3, -0.25) is 14.9 Å². The van der Waals surface area contributed by atoms with Crippen molar-refractivity contribution < 1.29 is 27.7 Å². The molecule has 31 heavy (non-hydrogen) atoms. The number of nitrogens with one attached hydrogen (secondary N) is 1. The molecule has 166 valence electrons. The number of non-ortho nitro benzene ring substituents is 1. The summed E-state index contributed by atoms with van der Waals surface area (Å²) < 4.78 is 31.3. The highest BCUT2D eigenvalue weighted by atomic mass is 35.5. The van der Waals surface area contributed by atoms with Crippen molar-refractivity contribution in [3.63, 3.8) is 0 Å². The molecule has 2 aromatic carbocycles. The van der Waals surface area contributed by atoms with Crippen LogP contribution >= 0.6 is 11.6 Å². The first-order chi connectivity index (χ1) is 14.6. The molecular formula is C19H20ClN3O7S. The zero-order valence-electron chi connectivity index (χ0n) is 16.7. The number of ether oxygens (including phenoxy) is 1. The minimum absolute atomic E-state index is 0.00868. The van der Waals surface area contributed by atoms with E-state index >= 15 is 0 Å². The SMILES string of the molecule is CCN(CC)S(=O)(=O)c1cccc(NC(=O)COC(=O)c2cc([N+](=O)[O-])ccc2Cl)c1. The Balaban J connectivity index is 2.07. The first kappa shape index (κ1) is 24.3. The summed E-state index contributed by atoms with van der Waals surface area (Å²) in [6.45, 7) is 3.32. The lowest BCUT2D eigenvalue weighted by atomic mass is 10.2. The molecular weight excluding hydrogens is 450 g/mol. The monoisotopic (exact) mass is 469 g/mol. The van der Waals surface area contributed by atoms with Crippen LogP contribution in [0.1, 0.15) is 24.2 Å². The van der Waals surface area contributed by atoms with Crippen LogP contribution in [0, 0.1) is 10.1 Å². The van der Waals surface area contributed by atoms with Gasteiger partial charge in [-0.05, 0) is 24.3 Å². The maximum Gasteiger partial charge on any atom is 0.340 e. The molecule has 0 unspecified atom stereocenters. The van der Waals surface area contributed by atoms with Crippen LogP contribution in [0.25, 0.3) is 0 Å². The van der Waals surface area contributed by atoms with Gasteiger partial charge in [-0.15, -0.1) is 0 Å². The number of carbonyl (C=O) groups is 2. The summed E-state index contributed by atoms with van der Waals surface area (Å²) in [6.07, 6.45) is 0. The Morgan fingerprint density at radius 1 is 1.16 bits per heavy atom. The highest BCUT2D eigenvalue weighted by Gasteiger charge is 2.22. The van der Waals surface area contributed by atoms with E-state index in [1.54, 1.807) is 13.8 Å². The van der Waals surface area contributed by atoms with E-state index in [0.717, 1.165) is 12.1 Å². The molecule has 0 radical (unpaired) electrons. The molecule has 2 aromatic rings. The number of nitrogens with zero attached hydrogens (tertiary/aromatic N) is 2. The fourth-order valence-electron chi connectivity index (χ4n) is 2.64. The van der Waals surface area contributed by atoms with Gasteiger partial charge in [0.25, 0.3) is 11.6 Å². The van der Waals surface area contributed by atoms with Gasteiger partial charge in [0.2, 0.25) is 10.0 Å². The molecule has 10 nitrogen and oxygen atoms in total. The molecule has 0 atom stereocenters. The standard InChI is InChI=1S/C19H20ClN3O7S/c1-3-22(4-2)31(28,29)15-7-5-6-13(10-15)21-18(24)12-30-19(25)16-11-14(23(26)27)8-9-17(16)20/h5-11H,3-4,12H2,1-2H3,(H,21,24). The number of halogens is 1. The van der Waals surface area contributed by atoms with Crippen molar-refractivity contribution in [1.29, 1.82) is 0 Å². The average Bonchev–Trinajstić information content (AvgIpc) is 2.73. The number of carbonyl (C=O) groups excluding carboxylic acids is 2. The molecule has 0 bridgehead atoms. The molecule has 12 heteroatoms. The Hall–Kier alpha value is -3.02. The number of sulfonamides is 1. The Kier molecular flexibility index (Phi) is 8.08. The summed E-state index contributed by atoms with van der Waals surface area (Å²) >= 11 is 5.87. The summed E-state index contributed by atoms with van der Waals surface area (Å²) in [5.74, 6) is -1.74. The molecule has 2 rings (SSSR count). The van der Waals surface area contributed by atoms with E-state index in [1.165, 1.54) is 34.6 Å². The molecule has 1 N–H and O–H groups in total. The first-order valence-corrected chi connectivity index (χ1v) is 10.9. The van der Waals surface area contributed by atoms with Crippen LogP contribution in [0.4, 0.5) is 11.4 Å². The van der Waals surface area contributed by atoms with Gasteiger partial charge in [-0.2, -0.15) is 4.31 Å². The first-order valence-electron chi connectivity index (χ1n) is 9.11. The van der Waals surface area contributed by atoms with E-state index in [-0.39, 0.29) is 26.9 Å². The van der Waals surface area contributed by atoms with E-state index in [9.17, 15) is 28.1 Å². The predicted octanol–water partition coefficient (Wildman–Crippen LogP) is 3.07. The molecule has 0 aliphatic heterocycles. The van der Waals surface area contributed by atoms with Gasteiger partial charge in [0.1, 0.15) is 0 Å². The molecule has 0 aliphatic carbocycles. The number of nitro groups is 1. The molecule has 0 saturated heterocycles. The Labute approximate surface area is 184 Å². The number of anilines is 1. The van der Waals surface area contributed by atoms with E-state index in [1.807, 2.05) is 0 Å². The topological polar surface area (TPSA) is 136 Å². The lowest BCUT2D eigenvalue weighted by molar-refractivity contribution is -0.384. The number of hydrogen-bond acceptors (Lipinski definition) is 7. The number of esters is 1. The minimum Gasteiger partial charge on any atom is -0.452 e. The zero-order valence-corrected chi connectivity index (χ0v) is 18.3. The molecule has 0 fully saturated rings. The van der Waals surface area contributed by atoms with Crippen LogP contribution in [0.5, 0.6) is 0 Å². The second kappa shape index (κ2) is 10.3. The van der Waals surface area contributed by atoms with E-state index < -0.39 is 33.4 Å². The van der Waals surface area contributed by atoms with E-state index in [0.29, 0.717) is 13.1 Å². The highest BCUT2D eigenvalue weighted by Crippen LogP contribution is 2.23. The third-order valence-electron chi connectivity index (χ3n) is 4.18. The fourth-order valence-corrected chi connectivity index (χ4v) is 4.34. The second-order valence-corrected chi connectivity index (χ2v) is 8.51. The maximum absolute atomic E-state index is 12.6. The molecule has 0 heterocycles. The van der Waals surface area contributed by atoms with Crippen molar-refractivity contribution >= 4 is 44.9 Å². The van der Waals surface area contributed by atoms with Crippen molar-refractivity contribution in [1.82, 2.24) is 4.31 Å². The summed E-state index contributed by atoms with van der Waals surface area (Å²) in [5.41, 5.74) is -0.411. The van der Waals surface area contributed by atoms with Crippen molar-refractivity contribution in [2.24, 2.45) is 0 Å². The fraction of sp³-hybridized carbons (Fsp3) is 0.263. The van der Waals surface area contributed by atoms with Gasteiger partial charge >= 0.3 is 5.97 Å². The third kappa shape index (κ3) is 6.00. The number of benzene rings is 2. The minimum atomic E-state index is -3.71. The van der Waals surface area contributed by atoms with Crippen molar-refractivity contribution in [3.05, 3.63) is 63.2 Å². The Morgan fingerprint density at radius 2 is 1.84 bits per heavy atom. The predicted molar refractivity (Wildman–Crippen MR) is 114 cm³/mol. The van der Waals surface area contributed by atoms with Crippen LogP contribution in [-0.2, 0) is 19.6 Å². The maximum atomic E-state index is 12.6. The smallest absolute Gasteiger partial charge is 0.340 e. The van der Waals surface area contributed by atoms with Gasteiger partial charge in [0, 0.05) is 30.9 Å². The Bertz CT molecular complexity index is 1100. The van der Waals surface area contributed by atoms with Gasteiger partial charge in [0.15, 0.2) is 6.61 Å². The highest BCUT2D eigenvalue weighted by molar-refractivity contribution is 7.89. The van der Waals surface area contributed by atoms with Gasteiger partial charge in [-0.1, -0.05) is 31.5 Å². The Morgan fingerprint density at radius 3 is 2.45 bits per heavy atom. The quantitative estimate of drug-likeness (QED) is 0.338. The molecule has 0 spiro atoms. The number of hydrogen-bond donors (Lipinski definition) is 1. The lowest BCUT2D eigenvalue weighted by Gasteiger charge is -2.18. The summed E-state index contributed by atoms with van der Waals surface area (Å²) in [4.78, 5) is 34.4. The lowest BCUT2D eigenvalue weighted by Crippen LogP contribution is -2.30. The van der Waals surface area contributed by atoms with Crippen LogP contribution in [0.15, 0.2) is 47.4 Å². The van der Waals surface area contributed by atoms with E-state index in [2.05, 4.69) is 5.32 Å². The van der Waals surface area contributed by atoms with Gasteiger partial charge in [0.05, 0.1) is 20.4 Å². The normalized spacial score (nSPS) is 11.2. The second-order valence-electron chi connectivity index (χ2n) is 6.16. The van der Waals surface area contributed by atoms with Crippen molar-refractivity contribution in [2.45, 2.75) is 18.7 Å². The molecule has 0 aromatic heterocycles. The largest absolute Gasteiger partial charge is 0.452 e. The third-order valence-corrected chi connectivity index (χ3v) is 6.55. The molecule has 0 aliphatic rings. The van der Waals surface area contributed by atoms with Crippen LogP contribution < -0.4 is 5.32 Å². The summed E-state index contributed by atoms with van der Waals surface area (Å²) in [5, 5.41) is 13.2. The zero-order chi connectivity index (χ0) is 23.2. The molecule has 0 saturated carbocycles. The number of nitro benzene ring substituents is 1. The summed E-state index contributed by atoms with van der Waals surface area (Å²) in [7, 11) is -3.71. The van der Waals surface area contributed by atoms with Crippen LogP contribution in [0.3, 0.4) is 0 Å². The average molecular weight is 470 g/mol. The van der Waals surface area contributed by atoms with Crippen molar-refractivity contribution in [3.8, 4) is 0 Å². The van der Waals surface area contributed by atoms with Crippen LogP contribution in [0.2, 0.25) is 5.02 Å². The number of rotatable bonds is 9. The van der Waals surface area contributed by atoms with Crippen molar-refractivity contribution in [2.75, 3.05) is 25.0 Å². The van der Waals surface area contributed by atoms with Gasteiger partial charge < -0.3 is 10.1 Å². The van der Waals surface area contributed by atoms with E-state index in [4.69, 9.17) is 16.3 Å².